The van der Waals surface area contributed by atoms with Gasteiger partial charge in [0.1, 0.15) is 5.69 Å². The lowest BCUT2D eigenvalue weighted by atomic mass is 10.1. The molecule has 0 radical (unpaired) electrons. The Bertz CT molecular complexity index is 598. The number of hydrogen-bond donors (Lipinski definition) is 1. The number of carbonyl (C=O) groups is 1. The van der Waals surface area contributed by atoms with E-state index < -0.39 is 5.97 Å². The topological polar surface area (TPSA) is 74.0 Å². The molecule has 2 rings (SSSR count). The molecule has 0 aliphatic rings. The van der Waals surface area contributed by atoms with Gasteiger partial charge in [0, 0.05) is 11.8 Å². The second-order valence-corrected chi connectivity index (χ2v) is 3.43. The summed E-state index contributed by atoms with van der Waals surface area (Å²) in [5.41, 5.74) is 2.19. The maximum atomic E-state index is 10.6. The molecule has 82 valence electrons. The van der Waals surface area contributed by atoms with E-state index in [4.69, 9.17) is 10.4 Å². The van der Waals surface area contributed by atoms with Crippen LogP contribution >= 0.6 is 0 Å². The molecule has 0 aliphatic carbocycles. The van der Waals surface area contributed by atoms with Crippen LogP contribution in [0.1, 0.15) is 16.1 Å². The third kappa shape index (κ3) is 2.29. The zero-order chi connectivity index (χ0) is 12.3. The number of aromatic nitrogens is 1. The molecule has 1 aromatic carbocycles. The number of hydrogen-bond acceptors (Lipinski definition) is 3. The first-order chi connectivity index (χ1) is 8.20. The quantitative estimate of drug-likeness (QED) is 0.849. The van der Waals surface area contributed by atoms with Crippen LogP contribution in [0.5, 0.6) is 0 Å². The molecule has 17 heavy (non-hydrogen) atoms. The van der Waals surface area contributed by atoms with Gasteiger partial charge in [0.25, 0.3) is 0 Å². The van der Waals surface area contributed by atoms with Crippen LogP contribution in [0, 0.1) is 11.3 Å². The Morgan fingerprint density at radius 2 is 2.06 bits per heavy atom. The highest BCUT2D eigenvalue weighted by Gasteiger charge is 2.05. The molecule has 0 saturated heterocycles. The molecule has 0 amide bonds. The summed E-state index contributed by atoms with van der Waals surface area (Å²) in [5.74, 6) is -1.05. The number of aromatic carboxylic acids is 1. The number of carboxylic acids is 1. The molecule has 0 bridgehead atoms. The molecule has 4 heteroatoms. The third-order valence-electron chi connectivity index (χ3n) is 2.31. The summed E-state index contributed by atoms with van der Waals surface area (Å²) in [6.07, 6.45) is 1.49. The summed E-state index contributed by atoms with van der Waals surface area (Å²) in [5, 5.41) is 17.5. The van der Waals surface area contributed by atoms with Crippen molar-refractivity contribution in [1.29, 1.82) is 5.26 Å². The molecule has 1 N–H and O–H groups in total. The number of pyridine rings is 1. The fourth-order valence-electron chi connectivity index (χ4n) is 1.46. The van der Waals surface area contributed by atoms with Crippen molar-refractivity contribution >= 4 is 5.97 Å². The average molecular weight is 224 g/mol. The van der Waals surface area contributed by atoms with Crippen molar-refractivity contribution in [2.75, 3.05) is 0 Å². The first-order valence-electron chi connectivity index (χ1n) is 4.90. The summed E-state index contributed by atoms with van der Waals surface area (Å²) in [6.45, 7) is 0. The number of nitriles is 1. The summed E-state index contributed by atoms with van der Waals surface area (Å²) < 4.78 is 0. The number of benzene rings is 1. The van der Waals surface area contributed by atoms with Crippen molar-refractivity contribution in [3.05, 3.63) is 53.9 Å². The minimum absolute atomic E-state index is 0.00480. The Kier molecular flexibility index (Phi) is 2.84. The van der Waals surface area contributed by atoms with E-state index in [-0.39, 0.29) is 5.69 Å². The van der Waals surface area contributed by atoms with E-state index in [1.165, 1.54) is 12.3 Å². The van der Waals surface area contributed by atoms with Crippen LogP contribution in [-0.2, 0) is 0 Å². The Labute approximate surface area is 97.8 Å². The number of nitrogens with zero attached hydrogens (tertiary/aromatic N) is 2. The van der Waals surface area contributed by atoms with Crippen LogP contribution in [0.15, 0.2) is 42.6 Å². The molecule has 0 aliphatic heterocycles. The fourth-order valence-corrected chi connectivity index (χ4v) is 1.46. The zero-order valence-corrected chi connectivity index (χ0v) is 8.79. The molecule has 0 unspecified atom stereocenters. The maximum absolute atomic E-state index is 10.6. The second kappa shape index (κ2) is 4.45. The number of carboxylic acid groups (broad SMARTS) is 1. The highest BCUT2D eigenvalue weighted by atomic mass is 16.4. The van der Waals surface area contributed by atoms with Crippen LogP contribution in [0.4, 0.5) is 0 Å². The Morgan fingerprint density at radius 1 is 1.24 bits per heavy atom. The summed E-state index contributed by atoms with van der Waals surface area (Å²) in [4.78, 5) is 14.5. The normalized spacial score (nSPS) is 9.59. The SMILES string of the molecule is N#Cc1cccc(-c2ccc(C(=O)O)nc2)c1. The molecule has 4 nitrogen and oxygen atoms in total. The highest BCUT2D eigenvalue weighted by molar-refractivity contribution is 5.85. The van der Waals surface area contributed by atoms with Gasteiger partial charge in [0.2, 0.25) is 0 Å². The van der Waals surface area contributed by atoms with Crippen molar-refractivity contribution in [3.8, 4) is 17.2 Å². The minimum atomic E-state index is -1.05. The van der Waals surface area contributed by atoms with E-state index in [0.717, 1.165) is 11.1 Å². The minimum Gasteiger partial charge on any atom is -0.477 e. The van der Waals surface area contributed by atoms with Crippen LogP contribution in [0.3, 0.4) is 0 Å². The molecule has 0 atom stereocenters. The molecule has 0 saturated carbocycles. The van der Waals surface area contributed by atoms with E-state index in [1.807, 2.05) is 6.07 Å². The zero-order valence-electron chi connectivity index (χ0n) is 8.79. The van der Waals surface area contributed by atoms with Crippen LogP contribution < -0.4 is 0 Å². The van der Waals surface area contributed by atoms with Crippen LogP contribution in [0.2, 0.25) is 0 Å². The van der Waals surface area contributed by atoms with Crippen molar-refractivity contribution < 1.29 is 9.90 Å². The van der Waals surface area contributed by atoms with Gasteiger partial charge in [0.15, 0.2) is 0 Å². The van der Waals surface area contributed by atoms with E-state index in [1.54, 1.807) is 24.3 Å². The van der Waals surface area contributed by atoms with Crippen molar-refractivity contribution in [2.45, 2.75) is 0 Å². The van der Waals surface area contributed by atoms with E-state index in [2.05, 4.69) is 11.1 Å². The molecule has 1 aromatic heterocycles. The van der Waals surface area contributed by atoms with E-state index in [9.17, 15) is 4.79 Å². The van der Waals surface area contributed by atoms with Crippen LogP contribution in [-0.4, -0.2) is 16.1 Å². The predicted molar refractivity (Wildman–Crippen MR) is 61.3 cm³/mol. The average Bonchev–Trinajstić information content (AvgIpc) is 2.39. The highest BCUT2D eigenvalue weighted by Crippen LogP contribution is 2.19. The van der Waals surface area contributed by atoms with Gasteiger partial charge in [-0.25, -0.2) is 9.78 Å². The summed E-state index contributed by atoms with van der Waals surface area (Å²) in [7, 11) is 0. The van der Waals surface area contributed by atoms with Gasteiger partial charge in [-0.3, -0.25) is 0 Å². The first-order valence-corrected chi connectivity index (χ1v) is 4.90. The standard InChI is InChI=1S/C13H8N2O2/c14-7-9-2-1-3-10(6-9)11-4-5-12(13(16)17)15-8-11/h1-6,8H,(H,16,17). The van der Waals surface area contributed by atoms with Crippen molar-refractivity contribution in [2.24, 2.45) is 0 Å². The van der Waals surface area contributed by atoms with Gasteiger partial charge < -0.3 is 5.11 Å². The molecule has 0 fully saturated rings. The lowest BCUT2D eigenvalue weighted by molar-refractivity contribution is 0.0690. The van der Waals surface area contributed by atoms with E-state index >= 15 is 0 Å². The molecule has 2 aromatic rings. The largest absolute Gasteiger partial charge is 0.477 e. The van der Waals surface area contributed by atoms with Gasteiger partial charge >= 0.3 is 5.97 Å². The number of rotatable bonds is 2. The third-order valence-corrected chi connectivity index (χ3v) is 2.31. The Balaban J connectivity index is 2.40. The Hall–Kier alpha value is -2.67. The predicted octanol–water partition coefficient (Wildman–Crippen LogP) is 2.32. The lowest BCUT2D eigenvalue weighted by Gasteiger charge is -2.01. The van der Waals surface area contributed by atoms with Crippen LogP contribution in [0.25, 0.3) is 11.1 Å². The van der Waals surface area contributed by atoms with Gasteiger partial charge in [0.05, 0.1) is 11.6 Å². The monoisotopic (exact) mass is 224 g/mol. The second-order valence-electron chi connectivity index (χ2n) is 3.43. The summed E-state index contributed by atoms with van der Waals surface area (Å²) in [6, 6.07) is 12.2. The first kappa shape index (κ1) is 10.8. The van der Waals surface area contributed by atoms with Crippen molar-refractivity contribution in [1.82, 2.24) is 4.98 Å². The van der Waals surface area contributed by atoms with Crippen molar-refractivity contribution in [3.63, 3.8) is 0 Å². The molecular formula is C13H8N2O2. The molecular weight excluding hydrogens is 216 g/mol. The lowest BCUT2D eigenvalue weighted by Crippen LogP contribution is -1.99. The molecule has 0 spiro atoms. The maximum Gasteiger partial charge on any atom is 0.354 e. The van der Waals surface area contributed by atoms with E-state index in [0.29, 0.717) is 5.56 Å². The van der Waals surface area contributed by atoms with Gasteiger partial charge in [-0.05, 0) is 23.8 Å². The Morgan fingerprint density at radius 3 is 2.65 bits per heavy atom. The smallest absolute Gasteiger partial charge is 0.354 e. The van der Waals surface area contributed by atoms with Gasteiger partial charge in [-0.1, -0.05) is 18.2 Å². The fraction of sp³-hybridized carbons (Fsp3) is 0. The van der Waals surface area contributed by atoms with Gasteiger partial charge in [-0.15, -0.1) is 0 Å². The summed E-state index contributed by atoms with van der Waals surface area (Å²) >= 11 is 0. The van der Waals surface area contributed by atoms with Gasteiger partial charge in [-0.2, -0.15) is 5.26 Å². The molecule has 1 heterocycles.